The van der Waals surface area contributed by atoms with Crippen LogP contribution in [0.15, 0.2) is 24.3 Å². The lowest BCUT2D eigenvalue weighted by Gasteiger charge is -2.29. The zero-order valence-corrected chi connectivity index (χ0v) is 18.7. The molecular formula is C28H30N2O. The molecule has 0 aliphatic heterocycles. The standard InChI is InChI=1S/C28H30N2O/c1-3-6-22-23-7-4-5-8-25(23)29-28-24(22)13-11-19-15-18-10-9-17-16-20(31-2)12-14-21(17)26(18)30-27(19)28/h12,14-16H,3-11,13H2,1-2H3. The monoisotopic (exact) mass is 410 g/mol. The van der Waals surface area contributed by atoms with E-state index in [2.05, 4.69) is 31.2 Å². The molecule has 31 heavy (non-hydrogen) atoms. The number of hydrogen-bond donors (Lipinski definition) is 0. The molecule has 0 fully saturated rings. The van der Waals surface area contributed by atoms with Crippen LogP contribution < -0.4 is 4.74 Å². The predicted molar refractivity (Wildman–Crippen MR) is 125 cm³/mol. The van der Waals surface area contributed by atoms with Crippen molar-refractivity contribution in [2.24, 2.45) is 0 Å². The third kappa shape index (κ3) is 3.01. The van der Waals surface area contributed by atoms with Gasteiger partial charge in [-0.15, -0.1) is 0 Å². The van der Waals surface area contributed by atoms with Crippen molar-refractivity contribution in [3.05, 3.63) is 63.3 Å². The summed E-state index contributed by atoms with van der Waals surface area (Å²) in [5, 5.41) is 0. The molecule has 0 atom stereocenters. The lowest BCUT2D eigenvalue weighted by atomic mass is 9.80. The summed E-state index contributed by atoms with van der Waals surface area (Å²) >= 11 is 0. The van der Waals surface area contributed by atoms with E-state index in [9.17, 15) is 0 Å². The fraction of sp³-hybridized carbons (Fsp3) is 0.429. The molecular weight excluding hydrogens is 380 g/mol. The number of nitrogens with zero attached hydrogens (tertiary/aromatic N) is 2. The Morgan fingerprint density at radius 2 is 1.58 bits per heavy atom. The average Bonchev–Trinajstić information content (AvgIpc) is 2.82. The Balaban J connectivity index is 1.55. The van der Waals surface area contributed by atoms with Crippen LogP contribution in [-0.4, -0.2) is 17.1 Å². The third-order valence-electron chi connectivity index (χ3n) is 7.48. The summed E-state index contributed by atoms with van der Waals surface area (Å²) in [6.07, 6.45) is 11.6. The third-order valence-corrected chi connectivity index (χ3v) is 7.48. The highest BCUT2D eigenvalue weighted by Crippen LogP contribution is 2.41. The van der Waals surface area contributed by atoms with E-state index in [0.29, 0.717) is 0 Å². The maximum Gasteiger partial charge on any atom is 0.119 e. The fourth-order valence-corrected chi connectivity index (χ4v) is 5.97. The van der Waals surface area contributed by atoms with Crippen molar-refractivity contribution in [1.29, 1.82) is 0 Å². The van der Waals surface area contributed by atoms with Gasteiger partial charge in [0.2, 0.25) is 0 Å². The van der Waals surface area contributed by atoms with Crippen LogP contribution in [0.1, 0.15) is 65.3 Å². The predicted octanol–water partition coefficient (Wildman–Crippen LogP) is 5.85. The van der Waals surface area contributed by atoms with Gasteiger partial charge in [-0.2, -0.15) is 0 Å². The zero-order valence-electron chi connectivity index (χ0n) is 18.7. The lowest BCUT2D eigenvalue weighted by molar-refractivity contribution is 0.414. The van der Waals surface area contributed by atoms with E-state index in [1.807, 2.05) is 0 Å². The number of ether oxygens (including phenoxy) is 1. The first kappa shape index (κ1) is 19.0. The van der Waals surface area contributed by atoms with Crippen LogP contribution in [0, 0.1) is 0 Å². The van der Waals surface area contributed by atoms with Gasteiger partial charge in [-0.3, -0.25) is 4.98 Å². The van der Waals surface area contributed by atoms with Gasteiger partial charge in [0.15, 0.2) is 0 Å². The van der Waals surface area contributed by atoms with Crippen molar-refractivity contribution >= 4 is 0 Å². The first-order valence-corrected chi connectivity index (χ1v) is 12.0. The number of rotatable bonds is 3. The summed E-state index contributed by atoms with van der Waals surface area (Å²) in [6.45, 7) is 2.30. The summed E-state index contributed by atoms with van der Waals surface area (Å²) < 4.78 is 5.46. The number of aryl methyl sites for hydroxylation is 4. The van der Waals surface area contributed by atoms with E-state index >= 15 is 0 Å². The van der Waals surface area contributed by atoms with E-state index in [-0.39, 0.29) is 0 Å². The van der Waals surface area contributed by atoms with Crippen LogP contribution in [0.3, 0.4) is 0 Å². The van der Waals surface area contributed by atoms with Crippen molar-refractivity contribution in [2.75, 3.05) is 7.11 Å². The molecule has 3 nitrogen and oxygen atoms in total. The molecule has 0 saturated carbocycles. The average molecular weight is 411 g/mol. The molecule has 0 radical (unpaired) electrons. The van der Waals surface area contributed by atoms with Gasteiger partial charge in [0.25, 0.3) is 0 Å². The number of aromatic nitrogens is 2. The van der Waals surface area contributed by atoms with Gasteiger partial charge in [-0.05, 0) is 109 Å². The molecule has 0 N–H and O–H groups in total. The SMILES string of the molecule is CCCc1c2c(nc3c1CCc1cc4c(nc1-3)-c1ccc(OC)cc1CC4)CCCC2. The topological polar surface area (TPSA) is 35.0 Å². The molecule has 3 aromatic rings. The number of hydrogen-bond acceptors (Lipinski definition) is 3. The number of fused-ring (bicyclic) bond motifs is 7. The van der Waals surface area contributed by atoms with Gasteiger partial charge in [-0.1, -0.05) is 19.4 Å². The molecule has 0 amide bonds. The molecule has 0 bridgehead atoms. The largest absolute Gasteiger partial charge is 0.497 e. The van der Waals surface area contributed by atoms with E-state index in [1.165, 1.54) is 71.3 Å². The number of methoxy groups -OCH3 is 1. The van der Waals surface area contributed by atoms with Crippen LogP contribution in [0.25, 0.3) is 22.6 Å². The Morgan fingerprint density at radius 1 is 0.774 bits per heavy atom. The molecule has 3 aliphatic rings. The Kier molecular flexibility index (Phi) is 4.59. The molecule has 2 heterocycles. The van der Waals surface area contributed by atoms with Crippen molar-refractivity contribution in [3.8, 4) is 28.4 Å². The number of pyridine rings is 2. The summed E-state index contributed by atoms with van der Waals surface area (Å²) in [5.74, 6) is 0.933. The second-order valence-electron chi connectivity index (χ2n) is 9.33. The van der Waals surface area contributed by atoms with Crippen molar-refractivity contribution in [2.45, 2.75) is 71.1 Å². The molecule has 3 heteroatoms. The van der Waals surface area contributed by atoms with Crippen molar-refractivity contribution in [1.82, 2.24) is 9.97 Å². The van der Waals surface area contributed by atoms with Crippen LogP contribution in [0.2, 0.25) is 0 Å². The van der Waals surface area contributed by atoms with Gasteiger partial charge in [-0.25, -0.2) is 4.98 Å². The molecule has 6 rings (SSSR count). The molecule has 158 valence electrons. The van der Waals surface area contributed by atoms with Gasteiger partial charge in [0.1, 0.15) is 5.75 Å². The van der Waals surface area contributed by atoms with Gasteiger partial charge < -0.3 is 4.74 Å². The maximum absolute atomic E-state index is 5.46. The van der Waals surface area contributed by atoms with Crippen LogP contribution in [0.4, 0.5) is 0 Å². The van der Waals surface area contributed by atoms with Crippen molar-refractivity contribution in [3.63, 3.8) is 0 Å². The summed E-state index contributed by atoms with van der Waals surface area (Å²) in [7, 11) is 1.74. The van der Waals surface area contributed by atoms with Crippen LogP contribution in [0.5, 0.6) is 5.75 Å². The summed E-state index contributed by atoms with van der Waals surface area (Å²) in [6, 6.07) is 8.88. The van der Waals surface area contributed by atoms with Crippen LogP contribution in [-0.2, 0) is 44.9 Å². The highest BCUT2D eigenvalue weighted by molar-refractivity contribution is 5.77. The van der Waals surface area contributed by atoms with E-state index in [4.69, 9.17) is 14.7 Å². The minimum Gasteiger partial charge on any atom is -0.497 e. The Hall–Kier alpha value is -2.68. The van der Waals surface area contributed by atoms with Gasteiger partial charge in [0.05, 0.1) is 24.2 Å². The normalized spacial score (nSPS) is 15.9. The minimum absolute atomic E-state index is 0.933. The lowest BCUT2D eigenvalue weighted by Crippen LogP contribution is -2.19. The molecule has 0 spiro atoms. The maximum atomic E-state index is 5.46. The van der Waals surface area contributed by atoms with E-state index in [1.54, 1.807) is 18.2 Å². The van der Waals surface area contributed by atoms with Gasteiger partial charge >= 0.3 is 0 Å². The minimum atomic E-state index is 0.933. The quantitative estimate of drug-likeness (QED) is 0.543. The summed E-state index contributed by atoms with van der Waals surface area (Å²) in [4.78, 5) is 10.6. The van der Waals surface area contributed by atoms with Crippen LogP contribution >= 0.6 is 0 Å². The fourth-order valence-electron chi connectivity index (χ4n) is 5.97. The highest BCUT2D eigenvalue weighted by atomic mass is 16.5. The zero-order chi connectivity index (χ0) is 20.9. The number of benzene rings is 1. The first-order chi connectivity index (χ1) is 15.3. The van der Waals surface area contributed by atoms with E-state index in [0.717, 1.165) is 49.2 Å². The summed E-state index contributed by atoms with van der Waals surface area (Å²) in [5.41, 5.74) is 14.9. The molecule has 1 aromatic carbocycles. The highest BCUT2D eigenvalue weighted by Gasteiger charge is 2.29. The second kappa shape index (κ2) is 7.47. The Morgan fingerprint density at radius 3 is 2.45 bits per heavy atom. The van der Waals surface area contributed by atoms with Gasteiger partial charge in [0, 0.05) is 11.3 Å². The Bertz CT molecular complexity index is 1190. The van der Waals surface area contributed by atoms with E-state index < -0.39 is 0 Å². The molecule has 2 aromatic heterocycles. The molecule has 0 unspecified atom stereocenters. The smallest absolute Gasteiger partial charge is 0.119 e. The Labute approximate surface area is 184 Å². The second-order valence-corrected chi connectivity index (χ2v) is 9.33. The van der Waals surface area contributed by atoms with Crippen molar-refractivity contribution < 1.29 is 4.74 Å². The first-order valence-electron chi connectivity index (χ1n) is 12.0. The molecule has 0 saturated heterocycles. The molecule has 3 aliphatic carbocycles.